The fraction of sp³-hybridized carbons (Fsp3) is 0.261. The number of carbonyl (C=O) groups excluding carboxylic acids is 2. The first kappa shape index (κ1) is 19.8. The minimum absolute atomic E-state index is 0.00547. The quantitative estimate of drug-likeness (QED) is 0.654. The maximum Gasteiger partial charge on any atom is 0.251 e. The third-order valence-corrected chi connectivity index (χ3v) is 5.20. The number of amides is 2. The van der Waals surface area contributed by atoms with E-state index < -0.39 is 6.04 Å². The van der Waals surface area contributed by atoms with Gasteiger partial charge in [0, 0.05) is 18.4 Å². The molecule has 0 saturated carbocycles. The summed E-state index contributed by atoms with van der Waals surface area (Å²) >= 11 is 0. The van der Waals surface area contributed by atoms with Crippen LogP contribution in [0.4, 0.5) is 11.5 Å². The topological polar surface area (TPSA) is 85.2 Å². The van der Waals surface area contributed by atoms with Gasteiger partial charge in [-0.15, -0.1) is 0 Å². The summed E-state index contributed by atoms with van der Waals surface area (Å²) in [6, 6.07) is 14.8. The SMILES string of the molecule is COCc1nn2c(c1-c1ccccc1)NC(=O)C2CC(=O)Nc1ccc(C)cc1C. The normalized spacial score (nSPS) is 15.0. The van der Waals surface area contributed by atoms with E-state index in [0.29, 0.717) is 12.4 Å². The van der Waals surface area contributed by atoms with Crippen LogP contribution >= 0.6 is 0 Å². The Bertz CT molecular complexity index is 1110. The van der Waals surface area contributed by atoms with Gasteiger partial charge in [-0.1, -0.05) is 48.0 Å². The van der Waals surface area contributed by atoms with E-state index in [1.54, 1.807) is 11.8 Å². The maximum atomic E-state index is 12.7. The largest absolute Gasteiger partial charge is 0.378 e. The van der Waals surface area contributed by atoms with Crippen molar-refractivity contribution >= 4 is 23.3 Å². The van der Waals surface area contributed by atoms with E-state index in [2.05, 4.69) is 15.7 Å². The summed E-state index contributed by atoms with van der Waals surface area (Å²) < 4.78 is 6.92. The van der Waals surface area contributed by atoms with E-state index >= 15 is 0 Å². The second-order valence-corrected chi connectivity index (χ2v) is 7.49. The van der Waals surface area contributed by atoms with Gasteiger partial charge in [0.05, 0.1) is 18.7 Å². The number of hydrogen-bond donors (Lipinski definition) is 2. The van der Waals surface area contributed by atoms with Crippen LogP contribution in [0.2, 0.25) is 0 Å². The molecular formula is C23H24N4O3. The van der Waals surface area contributed by atoms with E-state index in [4.69, 9.17) is 4.74 Å². The Morgan fingerprint density at radius 1 is 1.20 bits per heavy atom. The molecular weight excluding hydrogens is 380 g/mol. The van der Waals surface area contributed by atoms with Crippen LogP contribution in [0.25, 0.3) is 11.1 Å². The summed E-state index contributed by atoms with van der Waals surface area (Å²) in [4.78, 5) is 25.4. The van der Waals surface area contributed by atoms with Crippen molar-refractivity contribution < 1.29 is 14.3 Å². The minimum atomic E-state index is -0.709. The van der Waals surface area contributed by atoms with Crippen LogP contribution in [0.1, 0.15) is 29.3 Å². The Kier molecular flexibility index (Phi) is 5.37. The molecule has 7 heteroatoms. The van der Waals surface area contributed by atoms with Crippen LogP contribution in [0.3, 0.4) is 0 Å². The zero-order chi connectivity index (χ0) is 21.3. The molecule has 1 atom stereocenters. The van der Waals surface area contributed by atoms with Gasteiger partial charge in [0.25, 0.3) is 5.91 Å². The molecule has 2 amide bonds. The standard InChI is InChI=1S/C23H24N4O3/c1-14-9-10-17(15(2)11-14)24-20(28)12-19-23(29)25-22-21(16-7-5-4-6-8-16)18(13-30-3)26-27(19)22/h4-11,19H,12-13H2,1-3H3,(H,24,28)(H,25,29). The van der Waals surface area contributed by atoms with Crippen LogP contribution < -0.4 is 10.6 Å². The van der Waals surface area contributed by atoms with Crippen molar-refractivity contribution in [3.63, 3.8) is 0 Å². The van der Waals surface area contributed by atoms with E-state index in [1.807, 2.05) is 62.4 Å². The first-order valence-corrected chi connectivity index (χ1v) is 9.81. The van der Waals surface area contributed by atoms with Crippen molar-refractivity contribution in [3.8, 4) is 11.1 Å². The molecule has 1 unspecified atom stereocenters. The van der Waals surface area contributed by atoms with E-state index in [-0.39, 0.29) is 18.2 Å². The predicted octanol–water partition coefficient (Wildman–Crippen LogP) is 3.84. The average Bonchev–Trinajstić information content (AvgIpc) is 3.20. The molecule has 3 aromatic rings. The van der Waals surface area contributed by atoms with Gasteiger partial charge in [-0.2, -0.15) is 5.10 Å². The molecule has 2 heterocycles. The Balaban J connectivity index is 1.61. The van der Waals surface area contributed by atoms with E-state index in [0.717, 1.165) is 33.6 Å². The Morgan fingerprint density at radius 2 is 1.97 bits per heavy atom. The Hall–Kier alpha value is -3.45. The number of aryl methyl sites for hydroxylation is 2. The van der Waals surface area contributed by atoms with Crippen molar-refractivity contribution in [2.45, 2.75) is 32.9 Å². The fourth-order valence-electron chi connectivity index (χ4n) is 3.79. The third kappa shape index (κ3) is 3.71. The van der Waals surface area contributed by atoms with Crippen molar-refractivity contribution in [2.75, 3.05) is 17.7 Å². The molecule has 30 heavy (non-hydrogen) atoms. The molecule has 2 N–H and O–H groups in total. The van der Waals surface area contributed by atoms with Crippen LogP contribution in [0.15, 0.2) is 48.5 Å². The first-order valence-electron chi connectivity index (χ1n) is 9.81. The summed E-state index contributed by atoms with van der Waals surface area (Å²) in [6.07, 6.45) is -0.00547. The van der Waals surface area contributed by atoms with Crippen LogP contribution in [0.5, 0.6) is 0 Å². The lowest BCUT2D eigenvalue weighted by atomic mass is 10.1. The Morgan fingerprint density at radius 3 is 2.67 bits per heavy atom. The van der Waals surface area contributed by atoms with Gasteiger partial charge in [0.2, 0.25) is 5.91 Å². The molecule has 0 radical (unpaired) electrons. The van der Waals surface area contributed by atoms with E-state index in [9.17, 15) is 9.59 Å². The number of aromatic nitrogens is 2. The van der Waals surface area contributed by atoms with Crippen molar-refractivity contribution in [2.24, 2.45) is 0 Å². The van der Waals surface area contributed by atoms with Crippen LogP contribution in [-0.4, -0.2) is 28.7 Å². The highest BCUT2D eigenvalue weighted by Gasteiger charge is 2.37. The number of nitrogens with zero attached hydrogens (tertiary/aromatic N) is 2. The highest BCUT2D eigenvalue weighted by atomic mass is 16.5. The number of ether oxygens (including phenoxy) is 1. The van der Waals surface area contributed by atoms with Crippen LogP contribution in [-0.2, 0) is 20.9 Å². The molecule has 154 valence electrons. The molecule has 4 rings (SSSR count). The number of benzene rings is 2. The number of methoxy groups -OCH3 is 1. The molecule has 0 saturated heterocycles. The van der Waals surface area contributed by atoms with Crippen LogP contribution in [0, 0.1) is 13.8 Å². The summed E-state index contributed by atoms with van der Waals surface area (Å²) in [7, 11) is 1.60. The molecule has 0 fully saturated rings. The zero-order valence-electron chi connectivity index (χ0n) is 17.2. The van der Waals surface area contributed by atoms with Crippen molar-refractivity contribution in [1.29, 1.82) is 0 Å². The lowest BCUT2D eigenvalue weighted by molar-refractivity contribution is -0.123. The van der Waals surface area contributed by atoms with E-state index in [1.165, 1.54) is 0 Å². The van der Waals surface area contributed by atoms with Crippen molar-refractivity contribution in [1.82, 2.24) is 9.78 Å². The van der Waals surface area contributed by atoms with Gasteiger partial charge in [0.1, 0.15) is 11.9 Å². The molecule has 0 aliphatic carbocycles. The lowest BCUT2D eigenvalue weighted by Crippen LogP contribution is -2.24. The van der Waals surface area contributed by atoms with Crippen molar-refractivity contribution in [3.05, 3.63) is 65.4 Å². The fourth-order valence-corrected chi connectivity index (χ4v) is 3.79. The number of hydrogen-bond acceptors (Lipinski definition) is 4. The molecule has 2 aromatic carbocycles. The molecule has 0 bridgehead atoms. The minimum Gasteiger partial charge on any atom is -0.378 e. The molecule has 0 spiro atoms. The smallest absolute Gasteiger partial charge is 0.251 e. The summed E-state index contributed by atoms with van der Waals surface area (Å²) in [6.45, 7) is 4.25. The van der Waals surface area contributed by atoms with Gasteiger partial charge < -0.3 is 15.4 Å². The van der Waals surface area contributed by atoms with Gasteiger partial charge >= 0.3 is 0 Å². The number of rotatable bonds is 6. The number of nitrogens with one attached hydrogen (secondary N) is 2. The summed E-state index contributed by atoms with van der Waals surface area (Å²) in [5.74, 6) is 0.122. The highest BCUT2D eigenvalue weighted by Crippen LogP contribution is 2.38. The first-order chi connectivity index (χ1) is 14.5. The summed E-state index contributed by atoms with van der Waals surface area (Å²) in [5.41, 5.74) is 5.33. The van der Waals surface area contributed by atoms with Gasteiger partial charge in [-0.05, 0) is 31.0 Å². The zero-order valence-corrected chi connectivity index (χ0v) is 17.2. The average molecular weight is 404 g/mol. The molecule has 7 nitrogen and oxygen atoms in total. The van der Waals surface area contributed by atoms with Gasteiger partial charge in [0.15, 0.2) is 0 Å². The second-order valence-electron chi connectivity index (χ2n) is 7.49. The molecule has 1 aromatic heterocycles. The molecule has 1 aliphatic heterocycles. The maximum absolute atomic E-state index is 12.7. The monoisotopic (exact) mass is 404 g/mol. The highest BCUT2D eigenvalue weighted by molar-refractivity contribution is 6.04. The predicted molar refractivity (Wildman–Crippen MR) is 115 cm³/mol. The van der Waals surface area contributed by atoms with Gasteiger partial charge in [-0.3, -0.25) is 9.59 Å². The number of carbonyl (C=O) groups is 2. The number of fused-ring (bicyclic) bond motifs is 1. The lowest BCUT2D eigenvalue weighted by Gasteiger charge is -2.12. The second kappa shape index (κ2) is 8.12. The summed E-state index contributed by atoms with van der Waals surface area (Å²) in [5, 5.41) is 10.4. The third-order valence-electron chi connectivity index (χ3n) is 5.20. The molecule has 1 aliphatic rings. The van der Waals surface area contributed by atoms with Gasteiger partial charge in [-0.25, -0.2) is 4.68 Å². The number of anilines is 2. The Labute approximate surface area is 175 Å².